The van der Waals surface area contributed by atoms with Crippen LogP contribution in [0.5, 0.6) is 11.5 Å². The van der Waals surface area contributed by atoms with Gasteiger partial charge in [-0.15, -0.1) is 0 Å². The lowest BCUT2D eigenvalue weighted by molar-refractivity contribution is -0.141. The molecule has 0 aliphatic carbocycles. The Hall–Kier alpha value is -4.46. The second kappa shape index (κ2) is 13.4. The lowest BCUT2D eigenvalue weighted by atomic mass is 9.95. The van der Waals surface area contributed by atoms with Gasteiger partial charge in [-0.25, -0.2) is 9.78 Å². The molecule has 0 bridgehead atoms. The summed E-state index contributed by atoms with van der Waals surface area (Å²) in [5, 5.41) is 2.59. The maximum atomic E-state index is 13.1. The highest BCUT2D eigenvalue weighted by atomic mass is 16.6. The topological polar surface area (TPSA) is 104 Å². The van der Waals surface area contributed by atoms with Crippen LogP contribution in [0.3, 0.4) is 0 Å². The van der Waals surface area contributed by atoms with Gasteiger partial charge in [-0.3, -0.25) is 9.59 Å². The van der Waals surface area contributed by atoms with Gasteiger partial charge in [-0.2, -0.15) is 0 Å². The molecule has 1 aromatic heterocycles. The van der Waals surface area contributed by atoms with Crippen molar-refractivity contribution in [3.63, 3.8) is 0 Å². The Bertz CT molecular complexity index is 1310. The van der Waals surface area contributed by atoms with Gasteiger partial charge in [0.25, 0.3) is 5.91 Å². The molecule has 0 saturated heterocycles. The maximum absolute atomic E-state index is 13.1. The Morgan fingerprint density at radius 3 is 2.00 bits per heavy atom. The summed E-state index contributed by atoms with van der Waals surface area (Å²) in [4.78, 5) is 42.3. The Morgan fingerprint density at radius 2 is 1.49 bits per heavy atom. The van der Waals surface area contributed by atoms with Crippen LogP contribution >= 0.6 is 0 Å². The number of carbonyl (C=O) groups is 3. The van der Waals surface area contributed by atoms with Crippen LogP contribution in [-0.4, -0.2) is 36.0 Å². The minimum atomic E-state index is -1.03. The highest BCUT2D eigenvalue weighted by Gasteiger charge is 2.26. The van der Waals surface area contributed by atoms with Crippen LogP contribution in [0.25, 0.3) is 5.57 Å². The fourth-order valence-corrected chi connectivity index (χ4v) is 3.85. The molecular weight excluding hydrogens is 496 g/mol. The third kappa shape index (κ3) is 7.54. The summed E-state index contributed by atoms with van der Waals surface area (Å²) < 4.78 is 16.4. The number of aromatic nitrogens is 1. The summed E-state index contributed by atoms with van der Waals surface area (Å²) in [6, 6.07) is 16.3. The largest absolute Gasteiger partial charge is 0.493 e. The normalized spacial score (nSPS) is 11.2. The molecule has 1 heterocycles. The molecule has 2 aromatic carbocycles. The number of nitrogens with zero attached hydrogens (tertiary/aromatic N) is 1. The van der Waals surface area contributed by atoms with Crippen LogP contribution in [0.2, 0.25) is 0 Å². The minimum absolute atomic E-state index is 0.103. The number of esters is 2. The van der Waals surface area contributed by atoms with Crippen LogP contribution in [0, 0.1) is 13.8 Å². The molecule has 0 radical (unpaired) electrons. The summed E-state index contributed by atoms with van der Waals surface area (Å²) in [5.41, 5.74) is 4.60. The van der Waals surface area contributed by atoms with Crippen LogP contribution < -0.4 is 14.8 Å². The van der Waals surface area contributed by atoms with Gasteiger partial charge in [0, 0.05) is 24.3 Å². The Morgan fingerprint density at radius 1 is 0.923 bits per heavy atom. The molecule has 1 N–H and O–H groups in total. The third-order valence-corrected chi connectivity index (χ3v) is 5.96. The van der Waals surface area contributed by atoms with E-state index in [2.05, 4.69) is 10.3 Å². The molecule has 204 valence electrons. The number of methoxy groups -OCH3 is 1. The number of carbonyl (C=O) groups excluding carboxylic acids is 3. The van der Waals surface area contributed by atoms with E-state index >= 15 is 0 Å². The number of amides is 1. The monoisotopic (exact) mass is 530 g/mol. The van der Waals surface area contributed by atoms with E-state index in [1.165, 1.54) is 26.3 Å². The molecule has 0 aliphatic heterocycles. The van der Waals surface area contributed by atoms with Gasteiger partial charge >= 0.3 is 11.9 Å². The number of benzene rings is 2. The number of nitrogens with one attached hydrogen (secondary N) is 1. The first-order valence-corrected chi connectivity index (χ1v) is 12.8. The van der Waals surface area contributed by atoms with E-state index in [-0.39, 0.29) is 23.6 Å². The van der Waals surface area contributed by atoms with Crippen molar-refractivity contribution >= 4 is 23.4 Å². The van der Waals surface area contributed by atoms with E-state index < -0.39 is 23.9 Å². The summed E-state index contributed by atoms with van der Waals surface area (Å²) >= 11 is 0. The van der Waals surface area contributed by atoms with E-state index in [4.69, 9.17) is 14.2 Å². The predicted octanol–water partition coefficient (Wildman–Crippen LogP) is 5.55. The average molecular weight is 531 g/mol. The van der Waals surface area contributed by atoms with E-state index in [9.17, 15) is 14.4 Å². The number of allylic oxidation sites excluding steroid dienone is 1. The SMILES string of the molecule is CCCC(=O)Oc1c(OC)ccnc1C(=O)N[C@@H](C)C(=O)OC(C)=C(c1ccc(C)cc1)c1ccc(C)cc1. The Kier molecular flexibility index (Phi) is 9.98. The quantitative estimate of drug-likeness (QED) is 0.271. The highest BCUT2D eigenvalue weighted by Crippen LogP contribution is 2.31. The summed E-state index contributed by atoms with van der Waals surface area (Å²) in [7, 11) is 1.39. The number of rotatable bonds is 10. The maximum Gasteiger partial charge on any atom is 0.333 e. The fourth-order valence-electron chi connectivity index (χ4n) is 3.85. The lowest BCUT2D eigenvalue weighted by Gasteiger charge is -2.18. The Labute approximate surface area is 229 Å². The predicted molar refractivity (Wildman–Crippen MR) is 148 cm³/mol. The molecule has 0 aliphatic rings. The number of pyridine rings is 1. The second-order valence-corrected chi connectivity index (χ2v) is 9.19. The zero-order chi connectivity index (χ0) is 28.5. The van der Waals surface area contributed by atoms with Crippen molar-refractivity contribution in [1.82, 2.24) is 10.3 Å². The van der Waals surface area contributed by atoms with Crippen molar-refractivity contribution in [2.75, 3.05) is 7.11 Å². The van der Waals surface area contributed by atoms with Crippen molar-refractivity contribution in [2.45, 2.75) is 53.5 Å². The summed E-state index contributed by atoms with van der Waals surface area (Å²) in [6.45, 7) is 9.07. The zero-order valence-corrected chi connectivity index (χ0v) is 23.2. The molecular formula is C31H34N2O6. The van der Waals surface area contributed by atoms with E-state index in [0.717, 1.165) is 27.8 Å². The highest BCUT2D eigenvalue weighted by molar-refractivity contribution is 5.99. The van der Waals surface area contributed by atoms with Crippen LogP contribution in [0.1, 0.15) is 66.4 Å². The Balaban J connectivity index is 1.85. The summed E-state index contributed by atoms with van der Waals surface area (Å²) in [5.74, 6) is -1.43. The van der Waals surface area contributed by atoms with Gasteiger partial charge in [-0.1, -0.05) is 66.6 Å². The van der Waals surface area contributed by atoms with Crippen molar-refractivity contribution in [3.05, 3.63) is 94.5 Å². The van der Waals surface area contributed by atoms with E-state index in [1.54, 1.807) is 6.92 Å². The molecule has 1 amide bonds. The van der Waals surface area contributed by atoms with Crippen molar-refractivity contribution in [2.24, 2.45) is 0 Å². The van der Waals surface area contributed by atoms with Crippen LogP contribution in [-0.2, 0) is 14.3 Å². The smallest absolute Gasteiger partial charge is 0.333 e. The van der Waals surface area contributed by atoms with Gasteiger partial charge in [0.05, 0.1) is 7.11 Å². The number of ether oxygens (including phenoxy) is 3. The molecule has 3 rings (SSSR count). The lowest BCUT2D eigenvalue weighted by Crippen LogP contribution is -2.40. The van der Waals surface area contributed by atoms with Gasteiger partial charge in [0.1, 0.15) is 11.8 Å². The van der Waals surface area contributed by atoms with Crippen molar-refractivity contribution in [3.8, 4) is 11.5 Å². The van der Waals surface area contributed by atoms with E-state index in [1.807, 2.05) is 69.3 Å². The molecule has 0 saturated carbocycles. The molecule has 1 atom stereocenters. The first kappa shape index (κ1) is 29.1. The van der Waals surface area contributed by atoms with Crippen molar-refractivity contribution in [1.29, 1.82) is 0 Å². The minimum Gasteiger partial charge on any atom is -0.493 e. The molecule has 0 spiro atoms. The summed E-state index contributed by atoms with van der Waals surface area (Å²) in [6.07, 6.45) is 2.10. The van der Waals surface area contributed by atoms with Gasteiger partial charge in [0.15, 0.2) is 11.4 Å². The van der Waals surface area contributed by atoms with Crippen LogP contribution in [0.15, 0.2) is 66.6 Å². The third-order valence-electron chi connectivity index (χ3n) is 5.96. The average Bonchev–Trinajstić information content (AvgIpc) is 2.91. The molecule has 39 heavy (non-hydrogen) atoms. The van der Waals surface area contributed by atoms with Gasteiger partial charge < -0.3 is 19.5 Å². The standard InChI is InChI=1S/C31H34N2O6/c1-7-8-26(34)39-29-25(37-6)17-18-32-28(29)30(35)33-21(4)31(36)38-22(5)27(23-13-9-19(2)10-14-23)24-15-11-20(3)12-16-24/h9-18,21H,7-8H2,1-6H3,(H,33,35)/t21-/m0/s1. The fraction of sp³-hybridized carbons (Fsp3) is 0.290. The zero-order valence-electron chi connectivity index (χ0n) is 23.2. The first-order chi connectivity index (χ1) is 18.6. The van der Waals surface area contributed by atoms with E-state index in [0.29, 0.717) is 12.2 Å². The van der Waals surface area contributed by atoms with Crippen molar-refractivity contribution < 1.29 is 28.6 Å². The molecule has 0 unspecified atom stereocenters. The molecule has 0 fully saturated rings. The number of hydrogen-bond acceptors (Lipinski definition) is 7. The number of aryl methyl sites for hydroxylation is 2. The molecule has 3 aromatic rings. The van der Waals surface area contributed by atoms with Crippen LogP contribution in [0.4, 0.5) is 0 Å². The first-order valence-electron chi connectivity index (χ1n) is 12.8. The van der Waals surface area contributed by atoms with Gasteiger partial charge in [-0.05, 0) is 45.2 Å². The second-order valence-electron chi connectivity index (χ2n) is 9.19. The van der Waals surface area contributed by atoms with Gasteiger partial charge in [0.2, 0.25) is 5.75 Å². The molecule has 8 heteroatoms. The number of hydrogen-bond donors (Lipinski definition) is 1. The molecule has 8 nitrogen and oxygen atoms in total.